The molecule has 4 N–H and O–H groups in total. The van der Waals surface area contributed by atoms with Crippen molar-refractivity contribution in [3.63, 3.8) is 0 Å². The normalized spacial score (nSPS) is 42.5. The van der Waals surface area contributed by atoms with Crippen LogP contribution in [0.1, 0.15) is 111 Å². The van der Waals surface area contributed by atoms with Gasteiger partial charge in [0, 0.05) is 24.2 Å². The van der Waals surface area contributed by atoms with Crippen LogP contribution in [-0.2, 0) is 22.6 Å². The number of allylic oxidation sites excluding steroid dienone is 1. The Hall–Kier alpha value is -2.41. The standard InChI is InChI=1S/C39H59N3O4/c1-25(2)27-13-18-39(24-43)20-19-37(6)28(33(27)39)11-12-30-36(5)16-15-31(35(3,4)29(36)14-17-38(30,37)7)46-32(44)23-42-21-9-8-10-26(42)22-41-34(40)45/h8-10,21,27-31,33,43H,1,11-20,22-24H2,2-7H3,(H2-,40,41,45)/p+1/t27-,28?,29?,30?,31-,33?,36-,37+,38+,39+/m0/s1. The average molecular weight is 635 g/mol. The smallest absolute Gasteiger partial charge is 0.372 e. The van der Waals surface area contributed by atoms with E-state index < -0.39 is 6.03 Å². The first-order valence-electron chi connectivity index (χ1n) is 18.1. The van der Waals surface area contributed by atoms with Gasteiger partial charge in [-0.15, -0.1) is 0 Å². The number of hydrogen-bond donors (Lipinski definition) is 3. The third-order valence-corrected chi connectivity index (χ3v) is 15.5. The molecule has 1 aromatic rings. The fraction of sp³-hybridized carbons (Fsp3) is 0.769. The van der Waals surface area contributed by atoms with Crippen molar-refractivity contribution in [2.75, 3.05) is 6.61 Å². The molecule has 46 heavy (non-hydrogen) atoms. The lowest BCUT2D eigenvalue weighted by molar-refractivity contribution is -0.693. The SMILES string of the molecule is C=C(C)[C@@H]1CC[C@]2(CO)CC[C@]3(C)C(CCC4[C@@]5(C)CC[C@H](OC(=O)C[n+]6ccccc6CNC(N)=O)C(C)(C)C5CC[C@]43C)C12. The van der Waals surface area contributed by atoms with Crippen molar-refractivity contribution >= 4 is 12.0 Å². The van der Waals surface area contributed by atoms with E-state index in [1.165, 1.54) is 44.1 Å². The van der Waals surface area contributed by atoms with Gasteiger partial charge < -0.3 is 20.9 Å². The molecule has 5 aliphatic carbocycles. The number of esters is 1. The molecule has 5 saturated carbocycles. The predicted octanol–water partition coefficient (Wildman–Crippen LogP) is 6.70. The zero-order chi connectivity index (χ0) is 33.3. The molecule has 0 bridgehead atoms. The monoisotopic (exact) mass is 634 g/mol. The number of hydrogen-bond acceptors (Lipinski definition) is 4. The molecule has 1 aromatic heterocycles. The number of carbonyl (C=O) groups excluding carboxylic acids is 2. The Bertz CT molecular complexity index is 1380. The van der Waals surface area contributed by atoms with E-state index in [0.29, 0.717) is 36.2 Å². The van der Waals surface area contributed by atoms with E-state index in [-0.39, 0.29) is 52.2 Å². The Labute approximate surface area is 277 Å². The average Bonchev–Trinajstić information content (AvgIpc) is 3.39. The molecule has 0 radical (unpaired) electrons. The molecule has 10 atom stereocenters. The molecule has 4 unspecified atom stereocenters. The highest BCUT2D eigenvalue weighted by atomic mass is 16.5. The summed E-state index contributed by atoms with van der Waals surface area (Å²) in [5.41, 5.74) is 8.07. The molecule has 5 fully saturated rings. The first-order chi connectivity index (χ1) is 21.6. The fourth-order valence-electron chi connectivity index (χ4n) is 13.1. The van der Waals surface area contributed by atoms with Crippen LogP contribution in [-0.4, -0.2) is 29.8 Å². The highest BCUT2D eigenvalue weighted by Gasteiger charge is 2.71. The maximum atomic E-state index is 13.4. The summed E-state index contributed by atoms with van der Waals surface area (Å²) >= 11 is 0. The third kappa shape index (κ3) is 4.96. The Morgan fingerprint density at radius 2 is 1.74 bits per heavy atom. The van der Waals surface area contributed by atoms with Gasteiger partial charge >= 0.3 is 12.0 Å². The highest BCUT2D eigenvalue weighted by Crippen LogP contribution is 2.77. The number of fused-ring (bicyclic) bond motifs is 7. The number of primary amides is 1. The molecular weight excluding hydrogens is 574 g/mol. The molecule has 2 amide bonds. The Morgan fingerprint density at radius 3 is 2.43 bits per heavy atom. The van der Waals surface area contributed by atoms with E-state index in [9.17, 15) is 14.7 Å². The van der Waals surface area contributed by atoms with E-state index in [1.807, 2.05) is 29.0 Å². The first kappa shape index (κ1) is 33.5. The topological polar surface area (TPSA) is 106 Å². The van der Waals surface area contributed by atoms with Crippen molar-refractivity contribution < 1.29 is 24.0 Å². The minimum atomic E-state index is -0.590. The molecule has 1 heterocycles. The Balaban J connectivity index is 1.21. The van der Waals surface area contributed by atoms with E-state index in [4.69, 9.17) is 10.5 Å². The first-order valence-corrected chi connectivity index (χ1v) is 18.1. The van der Waals surface area contributed by atoms with E-state index in [1.54, 1.807) is 0 Å². The minimum absolute atomic E-state index is 0.0825. The maximum Gasteiger partial charge on any atom is 0.372 e. The molecule has 0 aliphatic heterocycles. The number of carbonyl (C=O) groups is 2. The van der Waals surface area contributed by atoms with E-state index in [2.05, 4.69) is 53.4 Å². The van der Waals surface area contributed by atoms with E-state index >= 15 is 0 Å². The van der Waals surface area contributed by atoms with Gasteiger partial charge in [0.25, 0.3) is 0 Å². The summed E-state index contributed by atoms with van der Waals surface area (Å²) in [6.07, 6.45) is 13.3. The van der Waals surface area contributed by atoms with Crippen molar-refractivity contribution in [1.82, 2.24) is 5.32 Å². The van der Waals surface area contributed by atoms with Gasteiger partial charge in [-0.2, -0.15) is 4.57 Å². The number of aliphatic hydroxyl groups is 1. The van der Waals surface area contributed by atoms with Crippen LogP contribution in [0.15, 0.2) is 36.5 Å². The zero-order valence-electron chi connectivity index (χ0n) is 29.4. The van der Waals surface area contributed by atoms with Crippen LogP contribution < -0.4 is 15.6 Å². The molecule has 6 rings (SSSR count). The van der Waals surface area contributed by atoms with Gasteiger partial charge in [-0.25, -0.2) is 9.59 Å². The Morgan fingerprint density at radius 1 is 0.978 bits per heavy atom. The number of ether oxygens (including phenoxy) is 1. The summed E-state index contributed by atoms with van der Waals surface area (Å²) < 4.78 is 8.19. The molecule has 7 heteroatoms. The summed E-state index contributed by atoms with van der Waals surface area (Å²) in [5, 5.41) is 13.4. The van der Waals surface area contributed by atoms with Crippen LogP contribution in [0.4, 0.5) is 4.79 Å². The van der Waals surface area contributed by atoms with Crippen LogP contribution in [0.5, 0.6) is 0 Å². The molecule has 254 valence electrons. The number of nitrogens with one attached hydrogen (secondary N) is 1. The number of rotatable bonds is 7. The predicted molar refractivity (Wildman–Crippen MR) is 179 cm³/mol. The quantitative estimate of drug-likeness (QED) is 0.176. The van der Waals surface area contributed by atoms with Crippen molar-refractivity contribution in [1.29, 1.82) is 0 Å². The molecule has 0 spiro atoms. The third-order valence-electron chi connectivity index (χ3n) is 15.5. The molecular formula is C39H60N3O4+. The summed E-state index contributed by atoms with van der Waals surface area (Å²) in [4.78, 5) is 24.7. The summed E-state index contributed by atoms with van der Waals surface area (Å²) in [7, 11) is 0. The molecule has 0 aromatic carbocycles. The van der Waals surface area contributed by atoms with Crippen LogP contribution in [0.3, 0.4) is 0 Å². The second-order valence-electron chi connectivity index (χ2n) is 17.6. The minimum Gasteiger partial charge on any atom is -0.457 e. The van der Waals surface area contributed by atoms with Crippen LogP contribution >= 0.6 is 0 Å². The molecule has 7 nitrogen and oxygen atoms in total. The van der Waals surface area contributed by atoms with Gasteiger partial charge in [0.1, 0.15) is 12.6 Å². The number of amides is 2. The molecule has 5 aliphatic rings. The Kier molecular flexibility index (Phi) is 8.47. The van der Waals surface area contributed by atoms with Crippen molar-refractivity contribution in [2.45, 2.75) is 125 Å². The zero-order valence-corrected chi connectivity index (χ0v) is 29.4. The van der Waals surface area contributed by atoms with Gasteiger partial charge in [0.2, 0.25) is 12.2 Å². The van der Waals surface area contributed by atoms with Gasteiger partial charge in [0.15, 0.2) is 6.20 Å². The van der Waals surface area contributed by atoms with Gasteiger partial charge in [-0.1, -0.05) is 52.8 Å². The number of urea groups is 1. The van der Waals surface area contributed by atoms with E-state index in [0.717, 1.165) is 31.4 Å². The number of nitrogens with two attached hydrogens (primary N) is 1. The van der Waals surface area contributed by atoms with Crippen molar-refractivity contribution in [3.8, 4) is 0 Å². The number of pyridine rings is 1. The molecule has 0 saturated heterocycles. The van der Waals surface area contributed by atoms with Crippen LogP contribution in [0, 0.1) is 56.7 Å². The number of aromatic nitrogens is 1. The largest absolute Gasteiger partial charge is 0.457 e. The fourth-order valence-corrected chi connectivity index (χ4v) is 13.1. The van der Waals surface area contributed by atoms with Crippen LogP contribution in [0.25, 0.3) is 0 Å². The highest BCUT2D eigenvalue weighted by molar-refractivity contribution is 5.71. The second kappa shape index (κ2) is 11.6. The lowest BCUT2D eigenvalue weighted by Gasteiger charge is -2.73. The lowest BCUT2D eigenvalue weighted by atomic mass is 9.32. The number of nitrogens with zero attached hydrogens (tertiary/aromatic N) is 1. The summed E-state index contributed by atoms with van der Waals surface area (Å²) in [5.74, 6) is 2.63. The second-order valence-corrected chi connectivity index (χ2v) is 17.6. The van der Waals surface area contributed by atoms with Crippen LogP contribution in [0.2, 0.25) is 0 Å². The summed E-state index contributed by atoms with van der Waals surface area (Å²) in [6.45, 7) is 20.0. The summed E-state index contributed by atoms with van der Waals surface area (Å²) in [6, 6.07) is 5.06. The van der Waals surface area contributed by atoms with Crippen molar-refractivity contribution in [2.24, 2.45) is 62.4 Å². The number of aliphatic hydroxyl groups excluding tert-OH is 1. The van der Waals surface area contributed by atoms with Gasteiger partial charge in [0.05, 0.1) is 0 Å². The maximum absolute atomic E-state index is 13.4. The lowest BCUT2D eigenvalue weighted by Crippen LogP contribution is -2.67. The van der Waals surface area contributed by atoms with Gasteiger partial charge in [-0.3, -0.25) is 0 Å². The van der Waals surface area contributed by atoms with Crippen molar-refractivity contribution in [3.05, 3.63) is 42.2 Å². The van der Waals surface area contributed by atoms with Gasteiger partial charge in [-0.05, 0) is 122 Å².